The first-order valence-corrected chi connectivity index (χ1v) is 20.0. The minimum absolute atomic E-state index is 0.282. The van der Waals surface area contributed by atoms with Crippen LogP contribution in [0.15, 0.2) is 75.7 Å². The molecule has 7 nitrogen and oxygen atoms in total. The van der Waals surface area contributed by atoms with Crippen molar-refractivity contribution >= 4 is 65.3 Å². The molecule has 6 rings (SSSR count). The van der Waals surface area contributed by atoms with Crippen molar-refractivity contribution in [1.82, 2.24) is 15.5 Å². The third-order valence-electron chi connectivity index (χ3n) is 8.74. The van der Waals surface area contributed by atoms with Crippen molar-refractivity contribution in [2.75, 3.05) is 52.3 Å². The number of benzene rings is 3. The average Bonchev–Trinajstić information content (AvgIpc) is 3.80. The number of carbonyl (C=O) groups is 1. The Balaban J connectivity index is 1.06. The molecule has 10 heteroatoms. The summed E-state index contributed by atoms with van der Waals surface area (Å²) in [6.07, 6.45) is 2.72. The van der Waals surface area contributed by atoms with Gasteiger partial charge < -0.3 is 25.2 Å². The van der Waals surface area contributed by atoms with Gasteiger partial charge in [-0.2, -0.15) is 10.9 Å². The molecule has 0 saturated carbocycles. The molecular formula is C38H45N3O4S3. The average molecular weight is 704 g/mol. The van der Waals surface area contributed by atoms with Crippen LogP contribution in [0, 0.1) is 0 Å². The van der Waals surface area contributed by atoms with Gasteiger partial charge in [-0.05, 0) is 115 Å². The molecule has 1 aliphatic rings. The van der Waals surface area contributed by atoms with Crippen molar-refractivity contribution in [3.8, 4) is 17.2 Å². The molecule has 2 aromatic heterocycles. The van der Waals surface area contributed by atoms with E-state index in [0.717, 1.165) is 79.3 Å². The van der Waals surface area contributed by atoms with E-state index in [4.69, 9.17) is 9.47 Å². The summed E-state index contributed by atoms with van der Waals surface area (Å²) in [6.45, 7) is 8.69. The fourth-order valence-electron chi connectivity index (χ4n) is 6.36. The standard InChI is InChI=1S/C38H45N3O4S3/c1-4-41(25-48-24-29(14-17-39-3)38-32(45-26(2)42)10-7-13-35(38)48)20-16-28-23-47-34-12-6-9-31(37(28)34)44-21-19-40-18-15-27-22-46-33-11-5-8-30(43)36(27)33/h5-13,22-24,39-40,43,48H,4,14-21,25H2,1-3H3. The molecule has 0 radical (unpaired) electrons. The molecule has 0 saturated heterocycles. The molecule has 0 bridgehead atoms. The van der Waals surface area contributed by atoms with Gasteiger partial charge in [-0.15, -0.1) is 22.7 Å². The normalized spacial score (nSPS) is 14.9. The zero-order chi connectivity index (χ0) is 33.5. The van der Waals surface area contributed by atoms with Crippen LogP contribution in [-0.2, 0) is 17.6 Å². The number of carbonyl (C=O) groups excluding carboxylic acids is 1. The second-order valence-electron chi connectivity index (χ2n) is 12.0. The number of phenolic OH excluding ortho intramolecular Hbond substituents is 1. The minimum atomic E-state index is -0.545. The molecule has 254 valence electrons. The smallest absolute Gasteiger partial charge is 0.308 e. The Kier molecular flexibility index (Phi) is 11.7. The number of aromatic hydroxyl groups is 1. The number of nitrogens with one attached hydrogen (secondary N) is 2. The quantitative estimate of drug-likeness (QED) is 0.0341. The Morgan fingerprint density at radius 3 is 2.40 bits per heavy atom. The first kappa shape index (κ1) is 34.5. The number of rotatable bonds is 17. The van der Waals surface area contributed by atoms with Crippen LogP contribution in [0.3, 0.4) is 0 Å². The predicted molar refractivity (Wildman–Crippen MR) is 205 cm³/mol. The van der Waals surface area contributed by atoms with Crippen LogP contribution in [-0.4, -0.2) is 68.2 Å². The Morgan fingerprint density at radius 2 is 1.62 bits per heavy atom. The van der Waals surface area contributed by atoms with E-state index in [2.05, 4.69) is 69.0 Å². The third-order valence-corrected chi connectivity index (χ3v) is 13.1. The molecule has 0 fully saturated rings. The van der Waals surface area contributed by atoms with Gasteiger partial charge in [-0.25, -0.2) is 0 Å². The Bertz CT molecular complexity index is 1900. The predicted octanol–water partition coefficient (Wildman–Crippen LogP) is 7.80. The minimum Gasteiger partial charge on any atom is -0.507 e. The van der Waals surface area contributed by atoms with Gasteiger partial charge in [0, 0.05) is 56.5 Å². The number of fused-ring (bicyclic) bond motifs is 3. The lowest BCUT2D eigenvalue weighted by atomic mass is 10.0. The Hall–Kier alpha value is -3.38. The lowest BCUT2D eigenvalue weighted by Crippen LogP contribution is -2.26. The summed E-state index contributed by atoms with van der Waals surface area (Å²) in [4.78, 5) is 15.7. The highest BCUT2D eigenvalue weighted by Gasteiger charge is 2.26. The van der Waals surface area contributed by atoms with Crippen LogP contribution in [0.1, 0.15) is 37.0 Å². The number of nitrogens with zero attached hydrogens (tertiary/aromatic N) is 1. The van der Waals surface area contributed by atoms with E-state index in [0.29, 0.717) is 18.1 Å². The number of hydrogen-bond acceptors (Lipinski definition) is 9. The summed E-state index contributed by atoms with van der Waals surface area (Å²) in [6, 6.07) is 18.2. The summed E-state index contributed by atoms with van der Waals surface area (Å²) in [5.41, 5.74) is 4.91. The number of likely N-dealkylation sites (N-methyl/N-ethyl adjacent to an activating group) is 1. The Morgan fingerprint density at radius 1 is 0.896 bits per heavy atom. The maximum atomic E-state index is 11.9. The van der Waals surface area contributed by atoms with Gasteiger partial charge in [0.1, 0.15) is 23.9 Å². The first-order chi connectivity index (χ1) is 23.5. The maximum absolute atomic E-state index is 11.9. The van der Waals surface area contributed by atoms with Crippen LogP contribution < -0.4 is 20.1 Å². The van der Waals surface area contributed by atoms with Gasteiger partial charge in [0.05, 0.1) is 0 Å². The van der Waals surface area contributed by atoms with Gasteiger partial charge in [0.25, 0.3) is 0 Å². The summed E-state index contributed by atoms with van der Waals surface area (Å²) in [7, 11) is 1.43. The van der Waals surface area contributed by atoms with Gasteiger partial charge in [-0.1, -0.05) is 25.1 Å². The van der Waals surface area contributed by atoms with Crippen LogP contribution >= 0.6 is 33.6 Å². The van der Waals surface area contributed by atoms with Gasteiger partial charge in [0.15, 0.2) is 0 Å². The molecule has 1 atom stereocenters. The molecule has 5 aromatic rings. The zero-order valence-electron chi connectivity index (χ0n) is 27.9. The topological polar surface area (TPSA) is 83.1 Å². The number of hydrogen-bond donors (Lipinski definition) is 4. The molecule has 48 heavy (non-hydrogen) atoms. The molecule has 0 spiro atoms. The molecule has 3 N–H and O–H groups in total. The summed E-state index contributed by atoms with van der Waals surface area (Å²) < 4.78 is 14.4. The van der Waals surface area contributed by atoms with Crippen LogP contribution in [0.5, 0.6) is 17.2 Å². The summed E-state index contributed by atoms with van der Waals surface area (Å²) in [5, 5.41) is 26.2. The van der Waals surface area contributed by atoms with Crippen molar-refractivity contribution in [3.63, 3.8) is 0 Å². The highest BCUT2D eigenvalue weighted by atomic mass is 32.2. The molecule has 0 aliphatic carbocycles. The van der Waals surface area contributed by atoms with Gasteiger partial charge in [-0.3, -0.25) is 9.69 Å². The zero-order valence-corrected chi connectivity index (χ0v) is 30.4. The number of ether oxygens (including phenoxy) is 2. The second-order valence-corrected chi connectivity index (χ2v) is 15.8. The van der Waals surface area contributed by atoms with Crippen LogP contribution in [0.25, 0.3) is 25.7 Å². The molecule has 1 unspecified atom stereocenters. The number of thiol groups is 1. The summed E-state index contributed by atoms with van der Waals surface area (Å²) >= 11 is 3.47. The molecule has 3 heterocycles. The number of esters is 1. The lowest BCUT2D eigenvalue weighted by molar-refractivity contribution is -0.131. The van der Waals surface area contributed by atoms with Crippen LogP contribution in [0.4, 0.5) is 0 Å². The van der Waals surface area contributed by atoms with Crippen molar-refractivity contribution in [3.05, 3.63) is 87.5 Å². The van der Waals surface area contributed by atoms with E-state index in [1.807, 2.05) is 25.2 Å². The third kappa shape index (κ3) is 7.91. The molecule has 3 aromatic carbocycles. The Labute approximate surface area is 293 Å². The second kappa shape index (κ2) is 16.3. The van der Waals surface area contributed by atoms with Gasteiger partial charge >= 0.3 is 5.97 Å². The number of phenols is 1. The fourth-order valence-corrected chi connectivity index (χ4v) is 11.0. The van der Waals surface area contributed by atoms with E-state index in [-0.39, 0.29) is 5.97 Å². The van der Waals surface area contributed by atoms with E-state index >= 15 is 0 Å². The van der Waals surface area contributed by atoms with E-state index in [1.54, 1.807) is 28.7 Å². The fraction of sp³-hybridized carbons (Fsp3) is 0.342. The lowest BCUT2D eigenvalue weighted by Gasteiger charge is -2.26. The van der Waals surface area contributed by atoms with Crippen molar-refractivity contribution in [2.24, 2.45) is 0 Å². The number of thiophene rings is 2. The van der Waals surface area contributed by atoms with E-state index in [1.165, 1.54) is 38.6 Å². The van der Waals surface area contributed by atoms with Crippen molar-refractivity contribution in [2.45, 2.75) is 38.0 Å². The molecule has 1 aliphatic heterocycles. The monoisotopic (exact) mass is 703 g/mol. The van der Waals surface area contributed by atoms with Gasteiger partial charge in [0.2, 0.25) is 0 Å². The van der Waals surface area contributed by atoms with E-state index < -0.39 is 10.9 Å². The first-order valence-electron chi connectivity index (χ1n) is 16.6. The van der Waals surface area contributed by atoms with E-state index in [9.17, 15) is 9.90 Å². The highest BCUT2D eigenvalue weighted by Crippen LogP contribution is 2.54. The van der Waals surface area contributed by atoms with Crippen molar-refractivity contribution < 1.29 is 19.4 Å². The highest BCUT2D eigenvalue weighted by molar-refractivity contribution is 8.20. The largest absolute Gasteiger partial charge is 0.507 e. The summed E-state index contributed by atoms with van der Waals surface area (Å²) in [5.74, 6) is 2.68. The molecule has 0 amide bonds. The SMILES string of the molecule is CCN(CCc1csc2cccc(OCCNCCc3csc4cccc(O)c34)c12)C[SH]1C=C(CCNC)c2c(OC(C)=O)cccc21. The van der Waals surface area contributed by atoms with Crippen molar-refractivity contribution in [1.29, 1.82) is 0 Å². The molecular weight excluding hydrogens is 659 g/mol. The maximum Gasteiger partial charge on any atom is 0.308 e. The van der Waals surface area contributed by atoms with Crippen LogP contribution in [0.2, 0.25) is 0 Å².